The predicted octanol–water partition coefficient (Wildman–Crippen LogP) is 0.735. The summed E-state index contributed by atoms with van der Waals surface area (Å²) in [7, 11) is 0. The van der Waals surface area contributed by atoms with Crippen molar-refractivity contribution in [1.82, 2.24) is 5.32 Å². The number of thioether (sulfide) groups is 1. The molecule has 3 nitrogen and oxygen atoms in total. The summed E-state index contributed by atoms with van der Waals surface area (Å²) in [5, 5.41) is 3.82. The van der Waals surface area contributed by atoms with Crippen molar-refractivity contribution in [2.45, 2.75) is 37.5 Å². The van der Waals surface area contributed by atoms with Crippen molar-refractivity contribution >= 4 is 17.7 Å². The fourth-order valence-electron chi connectivity index (χ4n) is 1.64. The Morgan fingerprint density at radius 1 is 1.77 bits per heavy atom. The minimum absolute atomic E-state index is 0.196. The molecule has 0 saturated carbocycles. The first kappa shape index (κ1) is 10.9. The van der Waals surface area contributed by atoms with Crippen LogP contribution in [0.5, 0.6) is 0 Å². The number of rotatable bonds is 4. The number of amides is 1. The summed E-state index contributed by atoms with van der Waals surface area (Å²) in [4.78, 5) is 11.3. The smallest absolute Gasteiger partial charge is 0.238 e. The van der Waals surface area contributed by atoms with Crippen LogP contribution in [-0.4, -0.2) is 29.0 Å². The number of primary amides is 1. The van der Waals surface area contributed by atoms with Crippen LogP contribution < -0.4 is 11.1 Å². The number of hydrogen-bond acceptors (Lipinski definition) is 3. The molecule has 1 heterocycles. The highest BCUT2D eigenvalue weighted by molar-refractivity contribution is 8.00. The van der Waals surface area contributed by atoms with Gasteiger partial charge in [0.25, 0.3) is 0 Å². The Bertz CT molecular complexity index is 198. The largest absolute Gasteiger partial charge is 0.368 e. The predicted molar refractivity (Wildman–Crippen MR) is 56.8 cm³/mol. The van der Waals surface area contributed by atoms with Crippen LogP contribution in [0.25, 0.3) is 0 Å². The molecule has 0 aromatic heterocycles. The van der Waals surface area contributed by atoms with Gasteiger partial charge in [-0.25, -0.2) is 0 Å². The van der Waals surface area contributed by atoms with Crippen molar-refractivity contribution in [2.24, 2.45) is 5.73 Å². The van der Waals surface area contributed by atoms with E-state index in [4.69, 9.17) is 5.73 Å². The maximum atomic E-state index is 11.3. The average Bonchev–Trinajstić information content (AvgIpc) is 2.45. The van der Waals surface area contributed by atoms with Crippen molar-refractivity contribution in [2.75, 3.05) is 12.3 Å². The molecule has 0 aliphatic carbocycles. The molecule has 1 amide bonds. The summed E-state index contributed by atoms with van der Waals surface area (Å²) in [6.07, 6.45) is 1.90. The normalized spacial score (nSPS) is 33.5. The van der Waals surface area contributed by atoms with E-state index >= 15 is 0 Å². The maximum absolute atomic E-state index is 11.3. The van der Waals surface area contributed by atoms with Crippen molar-refractivity contribution in [3.05, 3.63) is 0 Å². The van der Waals surface area contributed by atoms with Crippen LogP contribution >= 0.6 is 11.8 Å². The van der Waals surface area contributed by atoms with Crippen molar-refractivity contribution in [3.63, 3.8) is 0 Å². The molecule has 0 bridgehead atoms. The number of carbonyl (C=O) groups excluding carboxylic acids is 1. The molecule has 3 N–H and O–H groups in total. The van der Waals surface area contributed by atoms with Crippen LogP contribution in [0, 0.1) is 0 Å². The second-order valence-electron chi connectivity index (χ2n) is 3.70. The fraction of sp³-hybridized carbons (Fsp3) is 0.889. The number of carbonyl (C=O) groups is 1. The van der Waals surface area contributed by atoms with Crippen LogP contribution in [0.4, 0.5) is 0 Å². The van der Waals surface area contributed by atoms with Gasteiger partial charge in [0.2, 0.25) is 5.91 Å². The van der Waals surface area contributed by atoms with E-state index in [2.05, 4.69) is 19.2 Å². The molecule has 13 heavy (non-hydrogen) atoms. The third-order valence-electron chi connectivity index (χ3n) is 2.44. The van der Waals surface area contributed by atoms with E-state index in [0.717, 1.165) is 25.1 Å². The molecular formula is C9H18N2OS. The molecule has 0 aromatic carbocycles. The van der Waals surface area contributed by atoms with Gasteiger partial charge in [-0.15, -0.1) is 0 Å². The molecule has 76 valence electrons. The zero-order chi connectivity index (χ0) is 9.90. The van der Waals surface area contributed by atoms with Gasteiger partial charge in [0.1, 0.15) is 5.54 Å². The summed E-state index contributed by atoms with van der Waals surface area (Å²) in [5.41, 5.74) is 4.99. The number of hydrogen-bond donors (Lipinski definition) is 2. The van der Waals surface area contributed by atoms with E-state index in [0.29, 0.717) is 5.25 Å². The first-order valence-electron chi connectivity index (χ1n) is 4.77. The zero-order valence-electron chi connectivity index (χ0n) is 8.30. The minimum atomic E-state index is -0.430. The standard InChI is InChI=1S/C9H18N2OS/c1-3-4-11-9(8(10)12)5-7(2)13-6-9/h7,11H,3-6H2,1-2H3,(H2,10,12). The topological polar surface area (TPSA) is 55.1 Å². The fourth-order valence-corrected chi connectivity index (χ4v) is 2.97. The van der Waals surface area contributed by atoms with Gasteiger partial charge in [-0.3, -0.25) is 4.79 Å². The van der Waals surface area contributed by atoms with Gasteiger partial charge in [0, 0.05) is 11.0 Å². The molecule has 1 rings (SSSR count). The lowest BCUT2D eigenvalue weighted by molar-refractivity contribution is -0.123. The van der Waals surface area contributed by atoms with Crippen molar-refractivity contribution < 1.29 is 4.79 Å². The van der Waals surface area contributed by atoms with Gasteiger partial charge in [-0.05, 0) is 19.4 Å². The third-order valence-corrected chi connectivity index (χ3v) is 3.83. The van der Waals surface area contributed by atoms with E-state index in [9.17, 15) is 4.79 Å². The van der Waals surface area contributed by atoms with Crippen molar-refractivity contribution in [3.8, 4) is 0 Å². The summed E-state index contributed by atoms with van der Waals surface area (Å²) >= 11 is 1.82. The van der Waals surface area contributed by atoms with E-state index < -0.39 is 5.54 Å². The highest BCUT2D eigenvalue weighted by atomic mass is 32.2. The average molecular weight is 202 g/mol. The van der Waals surface area contributed by atoms with Gasteiger partial charge in [0.05, 0.1) is 0 Å². The molecule has 1 aliphatic heterocycles. The molecule has 0 aromatic rings. The summed E-state index contributed by atoms with van der Waals surface area (Å²) in [6.45, 7) is 5.10. The second kappa shape index (κ2) is 4.33. The van der Waals surface area contributed by atoms with Crippen molar-refractivity contribution in [1.29, 1.82) is 0 Å². The van der Waals surface area contributed by atoms with E-state index in [-0.39, 0.29) is 5.91 Å². The highest BCUT2D eigenvalue weighted by Gasteiger charge is 2.42. The molecule has 1 saturated heterocycles. The lowest BCUT2D eigenvalue weighted by Crippen LogP contribution is -2.56. The van der Waals surface area contributed by atoms with E-state index in [1.165, 1.54) is 0 Å². The van der Waals surface area contributed by atoms with E-state index in [1.807, 2.05) is 11.8 Å². The molecule has 2 atom stereocenters. The molecule has 1 fully saturated rings. The first-order valence-corrected chi connectivity index (χ1v) is 5.82. The van der Waals surface area contributed by atoms with E-state index in [1.54, 1.807) is 0 Å². The van der Waals surface area contributed by atoms with Crippen LogP contribution in [0.1, 0.15) is 26.7 Å². The Kier molecular flexibility index (Phi) is 3.62. The molecule has 0 radical (unpaired) electrons. The minimum Gasteiger partial charge on any atom is -0.368 e. The molecule has 0 spiro atoms. The maximum Gasteiger partial charge on any atom is 0.238 e. The summed E-state index contributed by atoms with van der Waals surface area (Å²) in [6, 6.07) is 0. The Labute approximate surface area is 83.8 Å². The quantitative estimate of drug-likeness (QED) is 0.707. The second-order valence-corrected chi connectivity index (χ2v) is 5.13. The monoisotopic (exact) mass is 202 g/mol. The van der Waals surface area contributed by atoms with Gasteiger partial charge in [-0.2, -0.15) is 11.8 Å². The first-order chi connectivity index (χ1) is 6.10. The zero-order valence-corrected chi connectivity index (χ0v) is 9.12. The molecular weight excluding hydrogens is 184 g/mol. The Morgan fingerprint density at radius 3 is 2.85 bits per heavy atom. The lowest BCUT2D eigenvalue weighted by atomic mass is 9.95. The Morgan fingerprint density at radius 2 is 2.46 bits per heavy atom. The SMILES string of the molecule is CCCNC1(C(N)=O)CSC(C)C1. The van der Waals surface area contributed by atoms with Crippen LogP contribution in [0.3, 0.4) is 0 Å². The van der Waals surface area contributed by atoms with Crippen LogP contribution in [-0.2, 0) is 4.79 Å². The Hall–Kier alpha value is -0.220. The van der Waals surface area contributed by atoms with Gasteiger partial charge in [0.15, 0.2) is 0 Å². The lowest BCUT2D eigenvalue weighted by Gasteiger charge is -2.25. The Balaban J connectivity index is 2.60. The number of nitrogens with two attached hydrogens (primary N) is 1. The van der Waals surface area contributed by atoms with Crippen LogP contribution in [0.15, 0.2) is 0 Å². The molecule has 2 unspecified atom stereocenters. The molecule has 1 aliphatic rings. The molecule has 4 heteroatoms. The van der Waals surface area contributed by atoms with Gasteiger partial charge in [-0.1, -0.05) is 13.8 Å². The van der Waals surface area contributed by atoms with Gasteiger partial charge >= 0.3 is 0 Å². The summed E-state index contributed by atoms with van der Waals surface area (Å²) < 4.78 is 0. The summed E-state index contributed by atoms with van der Waals surface area (Å²) in [5.74, 6) is 0.626. The number of nitrogens with one attached hydrogen (secondary N) is 1. The van der Waals surface area contributed by atoms with Crippen LogP contribution in [0.2, 0.25) is 0 Å². The third kappa shape index (κ3) is 2.38. The van der Waals surface area contributed by atoms with Gasteiger partial charge < -0.3 is 11.1 Å². The highest BCUT2D eigenvalue weighted by Crippen LogP contribution is 2.34.